The first-order chi connectivity index (χ1) is 18.7. The Kier molecular flexibility index (Phi) is 8.26. The van der Waals surface area contributed by atoms with E-state index in [0.717, 1.165) is 46.9 Å². The van der Waals surface area contributed by atoms with E-state index in [1.165, 1.54) is 11.1 Å². The van der Waals surface area contributed by atoms with Gasteiger partial charge in [-0.2, -0.15) is 0 Å². The number of hydrogen-bond donors (Lipinski definition) is 1. The van der Waals surface area contributed by atoms with Gasteiger partial charge >= 0.3 is 0 Å². The SMILES string of the molecule is COc1ccc(/C=C/C2NCCc3cc(OCc4ccccc4)c(OC)cc32)cc1OCc1ccccc1. The van der Waals surface area contributed by atoms with Gasteiger partial charge in [0.1, 0.15) is 13.2 Å². The third-order valence-electron chi connectivity index (χ3n) is 6.66. The predicted molar refractivity (Wildman–Crippen MR) is 151 cm³/mol. The van der Waals surface area contributed by atoms with Gasteiger partial charge in [0.05, 0.1) is 20.3 Å². The van der Waals surface area contributed by atoms with Crippen LogP contribution in [-0.2, 0) is 19.6 Å². The predicted octanol–water partition coefficient (Wildman–Crippen LogP) is 6.76. The van der Waals surface area contributed by atoms with Crippen LogP contribution in [0.3, 0.4) is 0 Å². The average Bonchev–Trinajstić information content (AvgIpc) is 2.98. The molecule has 1 aliphatic heterocycles. The Balaban J connectivity index is 1.33. The maximum absolute atomic E-state index is 6.15. The molecule has 0 spiro atoms. The van der Waals surface area contributed by atoms with Gasteiger partial charge in [0.25, 0.3) is 0 Å². The van der Waals surface area contributed by atoms with Crippen molar-refractivity contribution in [2.45, 2.75) is 25.7 Å². The van der Waals surface area contributed by atoms with Crippen LogP contribution in [0.4, 0.5) is 0 Å². The fourth-order valence-corrected chi connectivity index (χ4v) is 4.63. The van der Waals surface area contributed by atoms with E-state index in [0.29, 0.717) is 19.0 Å². The minimum absolute atomic E-state index is 0.0617. The van der Waals surface area contributed by atoms with Crippen molar-refractivity contribution < 1.29 is 18.9 Å². The summed E-state index contributed by atoms with van der Waals surface area (Å²) < 4.78 is 23.5. The van der Waals surface area contributed by atoms with E-state index in [1.54, 1.807) is 14.2 Å². The zero-order chi connectivity index (χ0) is 26.2. The standard InChI is InChI=1S/C33H33NO4/c1-35-30-16-14-24(19-32(30)37-22-25-9-5-3-6-10-25)13-15-29-28-21-31(36-2)33(20-27(28)17-18-34-29)38-23-26-11-7-4-8-12-26/h3-16,19-21,29,34H,17-18,22-23H2,1-2H3/b15-13+. The Hall–Kier alpha value is -4.22. The van der Waals surface area contributed by atoms with E-state index < -0.39 is 0 Å². The molecule has 0 aromatic heterocycles. The normalized spacial score (nSPS) is 14.6. The highest BCUT2D eigenvalue weighted by atomic mass is 16.5. The summed E-state index contributed by atoms with van der Waals surface area (Å²) in [4.78, 5) is 0. The second-order valence-corrected chi connectivity index (χ2v) is 9.20. The van der Waals surface area contributed by atoms with Crippen LogP contribution in [0, 0.1) is 0 Å². The number of methoxy groups -OCH3 is 2. The van der Waals surface area contributed by atoms with Gasteiger partial charge in [-0.15, -0.1) is 0 Å². The molecule has 1 heterocycles. The molecule has 1 atom stereocenters. The molecule has 1 unspecified atom stereocenters. The van der Waals surface area contributed by atoms with Crippen LogP contribution in [0.5, 0.6) is 23.0 Å². The van der Waals surface area contributed by atoms with Gasteiger partial charge in [-0.1, -0.05) is 78.9 Å². The number of ether oxygens (including phenoxy) is 4. The molecule has 5 nitrogen and oxygen atoms in total. The molecular weight excluding hydrogens is 474 g/mol. The van der Waals surface area contributed by atoms with Crippen LogP contribution in [-0.4, -0.2) is 20.8 Å². The second-order valence-electron chi connectivity index (χ2n) is 9.20. The summed E-state index contributed by atoms with van der Waals surface area (Å²) >= 11 is 0. The summed E-state index contributed by atoms with van der Waals surface area (Å²) in [5.41, 5.74) is 5.74. The van der Waals surface area contributed by atoms with Crippen molar-refractivity contribution in [3.05, 3.63) is 125 Å². The monoisotopic (exact) mass is 507 g/mol. The number of nitrogens with one attached hydrogen (secondary N) is 1. The van der Waals surface area contributed by atoms with Crippen LogP contribution in [0.2, 0.25) is 0 Å². The van der Waals surface area contributed by atoms with Gasteiger partial charge in [0.15, 0.2) is 23.0 Å². The van der Waals surface area contributed by atoms with E-state index in [2.05, 4.69) is 53.9 Å². The number of fused-ring (bicyclic) bond motifs is 1. The first-order valence-corrected chi connectivity index (χ1v) is 12.9. The molecule has 1 N–H and O–H groups in total. The summed E-state index contributed by atoms with van der Waals surface area (Å²) in [7, 11) is 3.35. The van der Waals surface area contributed by atoms with Crippen molar-refractivity contribution in [3.63, 3.8) is 0 Å². The minimum atomic E-state index is 0.0617. The summed E-state index contributed by atoms with van der Waals surface area (Å²) in [6.45, 7) is 1.88. The van der Waals surface area contributed by atoms with Crippen LogP contribution < -0.4 is 24.3 Å². The van der Waals surface area contributed by atoms with Crippen molar-refractivity contribution in [2.75, 3.05) is 20.8 Å². The Bertz CT molecular complexity index is 1370. The van der Waals surface area contributed by atoms with E-state index in [9.17, 15) is 0 Å². The Morgan fingerprint density at radius 1 is 0.711 bits per heavy atom. The average molecular weight is 508 g/mol. The Morgan fingerprint density at radius 3 is 1.97 bits per heavy atom. The molecule has 0 radical (unpaired) electrons. The van der Waals surface area contributed by atoms with E-state index in [-0.39, 0.29) is 6.04 Å². The summed E-state index contributed by atoms with van der Waals surface area (Å²) in [6.07, 6.45) is 5.24. The quantitative estimate of drug-likeness (QED) is 0.257. The Labute approximate surface area is 224 Å². The van der Waals surface area contributed by atoms with E-state index in [1.807, 2.05) is 54.6 Å². The fourth-order valence-electron chi connectivity index (χ4n) is 4.63. The largest absolute Gasteiger partial charge is 0.493 e. The lowest BCUT2D eigenvalue weighted by Crippen LogP contribution is -2.28. The van der Waals surface area contributed by atoms with Gasteiger partial charge in [-0.05, 0) is 58.5 Å². The molecule has 0 amide bonds. The van der Waals surface area contributed by atoms with Gasteiger partial charge in [0.2, 0.25) is 0 Å². The van der Waals surface area contributed by atoms with Crippen LogP contribution in [0.15, 0.2) is 97.1 Å². The molecule has 0 bridgehead atoms. The first kappa shape index (κ1) is 25.4. The fraction of sp³-hybridized carbons (Fsp3) is 0.212. The molecule has 194 valence electrons. The molecule has 5 heteroatoms. The van der Waals surface area contributed by atoms with Crippen molar-refractivity contribution in [2.24, 2.45) is 0 Å². The summed E-state index contributed by atoms with van der Waals surface area (Å²) in [5, 5.41) is 3.62. The maximum Gasteiger partial charge on any atom is 0.162 e. The zero-order valence-electron chi connectivity index (χ0n) is 21.9. The molecule has 4 aromatic carbocycles. The molecule has 38 heavy (non-hydrogen) atoms. The Morgan fingerprint density at radius 2 is 1.34 bits per heavy atom. The number of rotatable bonds is 10. The van der Waals surface area contributed by atoms with Gasteiger partial charge < -0.3 is 24.3 Å². The molecule has 0 saturated heterocycles. The molecule has 5 rings (SSSR count). The summed E-state index contributed by atoms with van der Waals surface area (Å²) in [6, 6.07) is 30.6. The third-order valence-corrected chi connectivity index (χ3v) is 6.66. The topological polar surface area (TPSA) is 49.0 Å². The summed E-state index contributed by atoms with van der Waals surface area (Å²) in [5.74, 6) is 2.95. The highest BCUT2D eigenvalue weighted by Gasteiger charge is 2.21. The number of hydrogen-bond acceptors (Lipinski definition) is 5. The lowest BCUT2D eigenvalue weighted by molar-refractivity contribution is 0.283. The highest BCUT2D eigenvalue weighted by molar-refractivity contribution is 5.58. The van der Waals surface area contributed by atoms with Gasteiger partial charge in [-0.3, -0.25) is 0 Å². The molecule has 0 aliphatic carbocycles. The van der Waals surface area contributed by atoms with Crippen LogP contribution >= 0.6 is 0 Å². The molecule has 1 aliphatic rings. The zero-order valence-corrected chi connectivity index (χ0v) is 21.9. The lowest BCUT2D eigenvalue weighted by atomic mass is 9.93. The molecular formula is C33H33NO4. The van der Waals surface area contributed by atoms with Gasteiger partial charge in [0, 0.05) is 6.54 Å². The molecule has 4 aromatic rings. The van der Waals surface area contributed by atoms with E-state index in [4.69, 9.17) is 18.9 Å². The third kappa shape index (κ3) is 6.18. The van der Waals surface area contributed by atoms with Crippen molar-refractivity contribution in [3.8, 4) is 23.0 Å². The van der Waals surface area contributed by atoms with Crippen molar-refractivity contribution >= 4 is 6.08 Å². The highest BCUT2D eigenvalue weighted by Crippen LogP contribution is 2.37. The minimum Gasteiger partial charge on any atom is -0.493 e. The maximum atomic E-state index is 6.15. The second kappa shape index (κ2) is 12.3. The smallest absolute Gasteiger partial charge is 0.162 e. The lowest BCUT2D eigenvalue weighted by Gasteiger charge is -2.26. The van der Waals surface area contributed by atoms with Crippen molar-refractivity contribution in [1.82, 2.24) is 5.32 Å². The van der Waals surface area contributed by atoms with E-state index >= 15 is 0 Å². The molecule has 0 saturated carbocycles. The number of benzene rings is 4. The van der Waals surface area contributed by atoms with Crippen molar-refractivity contribution in [1.29, 1.82) is 0 Å². The molecule has 0 fully saturated rings. The van der Waals surface area contributed by atoms with Crippen LogP contribution in [0.1, 0.15) is 33.9 Å². The first-order valence-electron chi connectivity index (χ1n) is 12.9. The van der Waals surface area contributed by atoms with Crippen LogP contribution in [0.25, 0.3) is 6.08 Å². The van der Waals surface area contributed by atoms with Gasteiger partial charge in [-0.25, -0.2) is 0 Å².